The quantitative estimate of drug-likeness (QED) is 0.121. The third-order valence-electron chi connectivity index (χ3n) is 4.90. The third kappa shape index (κ3) is 23.3. The third-order valence-corrected chi connectivity index (χ3v) is 4.90. The van der Waals surface area contributed by atoms with Gasteiger partial charge in [-0.15, -0.1) is 0 Å². The van der Waals surface area contributed by atoms with E-state index in [1.807, 2.05) is 12.2 Å². The van der Waals surface area contributed by atoms with Crippen LogP contribution in [0.25, 0.3) is 0 Å². The van der Waals surface area contributed by atoms with Crippen LogP contribution < -0.4 is 0 Å². The van der Waals surface area contributed by atoms with E-state index >= 15 is 0 Å². The van der Waals surface area contributed by atoms with Crippen LogP contribution in [0.2, 0.25) is 0 Å². The van der Waals surface area contributed by atoms with Crippen molar-refractivity contribution in [2.75, 3.05) is 0 Å². The second kappa shape index (κ2) is 23.3. The summed E-state index contributed by atoms with van der Waals surface area (Å²) in [5.41, 5.74) is 0. The zero-order chi connectivity index (χ0) is 18.3. The minimum absolute atomic E-state index is 1.18. The van der Waals surface area contributed by atoms with E-state index in [4.69, 9.17) is 0 Å². The molecule has 0 saturated carbocycles. The molecule has 1 heteroatoms. The zero-order valence-corrected chi connectivity index (χ0v) is 17.2. The summed E-state index contributed by atoms with van der Waals surface area (Å²) in [4.78, 5) is 0. The van der Waals surface area contributed by atoms with Crippen molar-refractivity contribution in [1.82, 2.24) is 0 Å². The Morgan fingerprint density at radius 1 is 0.560 bits per heavy atom. The maximum absolute atomic E-state index is 4.60. The van der Waals surface area contributed by atoms with Crippen LogP contribution >= 0.6 is 0 Å². The number of rotatable bonds is 20. The van der Waals surface area contributed by atoms with Gasteiger partial charge in [0, 0.05) is 0 Å². The molecule has 0 saturated heterocycles. The zero-order valence-electron chi connectivity index (χ0n) is 17.2. The van der Waals surface area contributed by atoms with E-state index in [9.17, 15) is 0 Å². The second-order valence-corrected chi connectivity index (χ2v) is 7.37. The lowest BCUT2D eigenvalue weighted by atomic mass is 10.0. The Morgan fingerprint density at radius 3 is 1.36 bits per heavy atom. The Hall–Kier alpha value is -0.720. The molecular weight excluding hydrogens is 304 g/mol. The maximum Gasteiger partial charge on any atom is 0.121 e. The van der Waals surface area contributed by atoms with Crippen LogP contribution in [0.1, 0.15) is 122 Å². The number of hydrogen-bond acceptors (Lipinski definition) is 1. The van der Waals surface area contributed by atoms with Crippen molar-refractivity contribution in [1.29, 1.82) is 0 Å². The summed E-state index contributed by atoms with van der Waals surface area (Å²) in [5, 5.41) is 0. The van der Waals surface area contributed by atoms with Crippen LogP contribution in [-0.2, 0) is 4.74 Å². The fourth-order valence-electron chi connectivity index (χ4n) is 3.26. The van der Waals surface area contributed by atoms with Gasteiger partial charge in [-0.25, -0.2) is 0 Å². The molecular formula is C24H45O. The lowest BCUT2D eigenvalue weighted by Crippen LogP contribution is -1.83. The minimum atomic E-state index is 1.18. The van der Waals surface area contributed by atoms with E-state index in [-0.39, 0.29) is 0 Å². The first-order chi connectivity index (χ1) is 12.4. The Labute approximate surface area is 159 Å². The van der Waals surface area contributed by atoms with Crippen LogP contribution in [0.15, 0.2) is 24.5 Å². The largest absolute Gasteiger partial charge is 0.498 e. The highest BCUT2D eigenvalue weighted by atomic mass is 16.5. The summed E-state index contributed by atoms with van der Waals surface area (Å²) in [6, 6.07) is 0. The van der Waals surface area contributed by atoms with E-state index in [0.29, 0.717) is 0 Å². The first kappa shape index (κ1) is 24.3. The molecule has 1 radical (unpaired) electrons. The molecule has 0 amide bonds. The number of hydrogen-bond donors (Lipinski definition) is 0. The average Bonchev–Trinajstić information content (AvgIpc) is 2.63. The molecule has 0 atom stereocenters. The molecule has 0 aliphatic rings. The van der Waals surface area contributed by atoms with Gasteiger partial charge in [0.25, 0.3) is 0 Å². The second-order valence-electron chi connectivity index (χ2n) is 7.37. The van der Waals surface area contributed by atoms with Crippen molar-refractivity contribution in [3.8, 4) is 0 Å². The Balaban J connectivity index is 3.03. The predicted molar refractivity (Wildman–Crippen MR) is 114 cm³/mol. The molecule has 0 aromatic heterocycles. The van der Waals surface area contributed by atoms with E-state index < -0.39 is 0 Å². The molecule has 0 N–H and O–H groups in total. The number of unbranched alkanes of at least 4 members (excludes halogenated alkanes) is 17. The summed E-state index contributed by atoms with van der Waals surface area (Å²) < 4.78 is 4.60. The molecule has 0 spiro atoms. The average molecular weight is 350 g/mol. The maximum atomic E-state index is 4.60. The summed E-state index contributed by atoms with van der Waals surface area (Å²) in [6.45, 7) is 2.29. The molecule has 0 aliphatic carbocycles. The topological polar surface area (TPSA) is 9.23 Å². The Kier molecular flexibility index (Phi) is 22.6. The molecule has 0 aromatic rings. The molecule has 0 bridgehead atoms. The highest BCUT2D eigenvalue weighted by molar-refractivity contribution is 4.99. The van der Waals surface area contributed by atoms with Crippen LogP contribution in [-0.4, -0.2) is 0 Å². The highest BCUT2D eigenvalue weighted by Crippen LogP contribution is 2.14. The minimum Gasteiger partial charge on any atom is -0.498 e. The van der Waals surface area contributed by atoms with Crippen LogP contribution in [0.4, 0.5) is 0 Å². The van der Waals surface area contributed by atoms with Gasteiger partial charge in [-0.1, -0.05) is 122 Å². The Bertz CT molecular complexity index is 280. The van der Waals surface area contributed by atoms with Gasteiger partial charge in [0.15, 0.2) is 0 Å². The molecule has 0 unspecified atom stereocenters. The molecule has 147 valence electrons. The van der Waals surface area contributed by atoms with Crippen LogP contribution in [0, 0.1) is 7.11 Å². The molecule has 0 aromatic carbocycles. The highest BCUT2D eigenvalue weighted by Gasteiger charge is 1.94. The van der Waals surface area contributed by atoms with Gasteiger partial charge in [-0.2, -0.15) is 0 Å². The van der Waals surface area contributed by atoms with Crippen molar-refractivity contribution >= 4 is 0 Å². The number of ether oxygens (including phenoxy) is 1. The lowest BCUT2D eigenvalue weighted by molar-refractivity contribution is 0.394. The predicted octanol–water partition coefficient (Wildman–Crippen LogP) is 8.91. The van der Waals surface area contributed by atoms with Crippen molar-refractivity contribution in [2.45, 2.75) is 122 Å². The molecule has 0 fully saturated rings. The van der Waals surface area contributed by atoms with E-state index in [1.54, 1.807) is 6.26 Å². The molecule has 1 nitrogen and oxygen atoms in total. The Morgan fingerprint density at radius 2 is 0.960 bits per heavy atom. The van der Waals surface area contributed by atoms with E-state index in [0.717, 1.165) is 0 Å². The first-order valence-electron chi connectivity index (χ1n) is 11.1. The van der Waals surface area contributed by atoms with Crippen molar-refractivity contribution < 1.29 is 4.74 Å². The fourth-order valence-corrected chi connectivity index (χ4v) is 3.26. The molecule has 0 heterocycles. The van der Waals surface area contributed by atoms with Gasteiger partial charge in [-0.05, 0) is 18.9 Å². The SMILES string of the molecule is [CH2]OC=CC=CCCCCCCCCCCCCCCCCCCC. The first-order valence-corrected chi connectivity index (χ1v) is 11.1. The summed E-state index contributed by atoms with van der Waals surface area (Å²) in [6.07, 6.45) is 33.3. The smallest absolute Gasteiger partial charge is 0.121 e. The molecule has 25 heavy (non-hydrogen) atoms. The monoisotopic (exact) mass is 349 g/mol. The summed E-state index contributed by atoms with van der Waals surface area (Å²) >= 11 is 0. The van der Waals surface area contributed by atoms with E-state index in [1.165, 1.54) is 116 Å². The van der Waals surface area contributed by atoms with Gasteiger partial charge in [0.1, 0.15) is 7.11 Å². The molecule has 0 aliphatic heterocycles. The van der Waals surface area contributed by atoms with Crippen LogP contribution in [0.3, 0.4) is 0 Å². The van der Waals surface area contributed by atoms with Gasteiger partial charge < -0.3 is 4.74 Å². The normalized spacial score (nSPS) is 11.8. The van der Waals surface area contributed by atoms with Gasteiger partial charge in [0.2, 0.25) is 0 Å². The van der Waals surface area contributed by atoms with Crippen molar-refractivity contribution in [3.63, 3.8) is 0 Å². The van der Waals surface area contributed by atoms with Gasteiger partial charge in [-0.3, -0.25) is 0 Å². The number of allylic oxidation sites excluding steroid dienone is 3. The van der Waals surface area contributed by atoms with Gasteiger partial charge in [0.05, 0.1) is 6.26 Å². The lowest BCUT2D eigenvalue weighted by Gasteiger charge is -2.03. The van der Waals surface area contributed by atoms with Crippen LogP contribution in [0.5, 0.6) is 0 Å². The standard InChI is InChI=1S/C24H45O/c1-3-4-5-6-7-8-9-10-11-12-13-14-15-16-17-18-19-20-21-22-23-24-25-2/h21-24H,2-20H2,1H3. The van der Waals surface area contributed by atoms with Crippen molar-refractivity contribution in [3.05, 3.63) is 31.6 Å². The molecule has 0 rings (SSSR count). The van der Waals surface area contributed by atoms with Crippen molar-refractivity contribution in [2.24, 2.45) is 0 Å². The fraction of sp³-hybridized carbons (Fsp3) is 0.792. The van der Waals surface area contributed by atoms with E-state index in [2.05, 4.69) is 24.8 Å². The van der Waals surface area contributed by atoms with Gasteiger partial charge >= 0.3 is 0 Å². The summed E-state index contributed by atoms with van der Waals surface area (Å²) in [5.74, 6) is 0. The summed E-state index contributed by atoms with van der Waals surface area (Å²) in [7, 11) is 3.29.